The molecule has 0 N–H and O–H groups in total. The Bertz CT molecular complexity index is 3350. The summed E-state index contributed by atoms with van der Waals surface area (Å²) in [4.78, 5) is 5.47. The highest BCUT2D eigenvalue weighted by Crippen LogP contribution is 2.46. The summed E-state index contributed by atoms with van der Waals surface area (Å²) in [5.74, 6) is 0.732. The van der Waals surface area contributed by atoms with Gasteiger partial charge in [-0.2, -0.15) is 0 Å². The Hall–Kier alpha value is -6.75. The second kappa shape index (κ2) is 13.2. The minimum absolute atomic E-state index is 0.0822. The first-order chi connectivity index (χ1) is 28.7. The second-order valence-corrected chi connectivity index (χ2v) is 16.9. The van der Waals surface area contributed by atoms with E-state index in [0.717, 1.165) is 45.2 Å². The number of fused-ring (bicyclic) bond motifs is 9. The maximum Gasteiger partial charge on any atom is 0.136 e. The molecule has 0 bridgehead atoms. The van der Waals surface area contributed by atoms with Gasteiger partial charge in [0.2, 0.25) is 0 Å². The highest BCUT2D eigenvalue weighted by atomic mass is 32.1. The Morgan fingerprint density at radius 2 is 1.09 bits per heavy atom. The summed E-state index contributed by atoms with van der Waals surface area (Å²) in [5.41, 5.74) is 12.8. The van der Waals surface area contributed by atoms with Crippen LogP contribution in [0.25, 0.3) is 80.7 Å². The molecule has 0 spiro atoms. The number of thiophene rings is 1. The zero-order valence-electron chi connectivity index (χ0n) is 32.0. The fraction of sp³-hybridized carbons (Fsp3) is 0.0926. The van der Waals surface area contributed by atoms with Crippen LogP contribution >= 0.6 is 11.3 Å². The first-order valence-electron chi connectivity index (χ1n) is 20.2. The van der Waals surface area contributed by atoms with Gasteiger partial charge in [-0.3, -0.25) is 4.99 Å². The van der Waals surface area contributed by atoms with E-state index in [1.165, 1.54) is 64.4 Å². The van der Waals surface area contributed by atoms with Crippen molar-refractivity contribution in [2.24, 2.45) is 10.9 Å². The van der Waals surface area contributed by atoms with Gasteiger partial charge in [0.1, 0.15) is 11.2 Å². The maximum atomic E-state index is 6.76. The summed E-state index contributed by atoms with van der Waals surface area (Å²) in [7, 11) is 0. The van der Waals surface area contributed by atoms with Crippen LogP contribution in [0.2, 0.25) is 0 Å². The smallest absolute Gasteiger partial charge is 0.136 e. The zero-order chi connectivity index (χ0) is 38.3. The fourth-order valence-electron chi connectivity index (χ4n) is 9.81. The van der Waals surface area contributed by atoms with E-state index in [4.69, 9.17) is 9.41 Å². The standard InChI is InChI=1S/C54H38N2OS/c1-33-45(34-14-4-2-5-15-34)32-46(55-52(33)35-16-6-3-7-17-35)37-27-29-42-41-28-26-36(30-50(41)57-51(42)31-37)38-20-12-21-43-44-22-13-25-49(54(44)58-53(38)43)56-47-23-10-8-18-39(47)40-19-9-11-24-48(40)56/h2-31,33,45,52H,32H2,1H3/t33?,45-,52?/m1/s1. The van der Waals surface area contributed by atoms with E-state index in [-0.39, 0.29) is 6.04 Å². The number of aliphatic imine (C=N–C) groups is 1. The van der Waals surface area contributed by atoms with Crippen LogP contribution in [0.1, 0.15) is 42.0 Å². The van der Waals surface area contributed by atoms with Crippen LogP contribution in [0.15, 0.2) is 191 Å². The molecular formula is C54H38N2OS. The van der Waals surface area contributed by atoms with Crippen LogP contribution in [0.3, 0.4) is 0 Å². The maximum absolute atomic E-state index is 6.76. The van der Waals surface area contributed by atoms with E-state index < -0.39 is 0 Å². The average molecular weight is 763 g/mol. The number of nitrogens with zero attached hydrogens (tertiary/aromatic N) is 2. The van der Waals surface area contributed by atoms with E-state index in [0.29, 0.717) is 11.8 Å². The highest BCUT2D eigenvalue weighted by molar-refractivity contribution is 7.26. The van der Waals surface area contributed by atoms with Gasteiger partial charge in [0.15, 0.2) is 0 Å². The average Bonchev–Trinajstić information content (AvgIpc) is 3.96. The van der Waals surface area contributed by atoms with E-state index >= 15 is 0 Å². The SMILES string of the molecule is CC1C(c2ccccc2)N=C(c2ccc3c(c2)oc2cc(-c4cccc5c4sc4c(-n6c7ccccc7c7ccccc76)cccc45)ccc23)C[C@H]1c1ccccc1. The Balaban J connectivity index is 0.960. The molecule has 276 valence electrons. The largest absolute Gasteiger partial charge is 0.456 e. The van der Waals surface area contributed by atoms with Gasteiger partial charge in [-0.25, -0.2) is 0 Å². The molecule has 0 radical (unpaired) electrons. The molecule has 1 aliphatic heterocycles. The molecule has 1 aliphatic rings. The molecule has 0 aliphatic carbocycles. The van der Waals surface area contributed by atoms with Gasteiger partial charge in [0, 0.05) is 42.7 Å². The van der Waals surface area contributed by atoms with Crippen molar-refractivity contribution >= 4 is 81.0 Å². The van der Waals surface area contributed by atoms with Crippen molar-refractivity contribution in [1.29, 1.82) is 0 Å². The van der Waals surface area contributed by atoms with E-state index in [1.807, 2.05) is 11.3 Å². The first-order valence-corrected chi connectivity index (χ1v) is 21.1. The molecule has 58 heavy (non-hydrogen) atoms. The number of hydrogen-bond donors (Lipinski definition) is 0. The van der Waals surface area contributed by atoms with Crippen molar-refractivity contribution in [3.8, 4) is 16.8 Å². The van der Waals surface area contributed by atoms with Gasteiger partial charge in [-0.1, -0.05) is 146 Å². The summed E-state index contributed by atoms with van der Waals surface area (Å²) in [5, 5.41) is 7.37. The van der Waals surface area contributed by atoms with Crippen molar-refractivity contribution in [1.82, 2.24) is 4.57 Å². The number of para-hydroxylation sites is 2. The minimum atomic E-state index is 0.0822. The van der Waals surface area contributed by atoms with Crippen molar-refractivity contribution < 1.29 is 4.42 Å². The van der Waals surface area contributed by atoms with Crippen LogP contribution in [0, 0.1) is 5.92 Å². The van der Waals surface area contributed by atoms with Gasteiger partial charge < -0.3 is 8.98 Å². The van der Waals surface area contributed by atoms with Crippen molar-refractivity contribution in [2.75, 3.05) is 0 Å². The van der Waals surface area contributed by atoms with Crippen molar-refractivity contribution in [2.45, 2.75) is 25.3 Å². The lowest BCUT2D eigenvalue weighted by molar-refractivity contribution is 0.375. The summed E-state index contributed by atoms with van der Waals surface area (Å²) in [6.45, 7) is 2.36. The molecule has 3 atom stereocenters. The molecule has 3 nitrogen and oxygen atoms in total. The molecule has 0 saturated heterocycles. The molecule has 0 fully saturated rings. The van der Waals surface area contributed by atoms with E-state index in [9.17, 15) is 0 Å². The van der Waals surface area contributed by atoms with Gasteiger partial charge in [0.05, 0.1) is 27.5 Å². The minimum Gasteiger partial charge on any atom is -0.456 e. The van der Waals surface area contributed by atoms with E-state index in [2.05, 4.69) is 193 Å². The van der Waals surface area contributed by atoms with Gasteiger partial charge >= 0.3 is 0 Å². The third kappa shape index (κ3) is 5.15. The molecular weight excluding hydrogens is 725 g/mol. The highest BCUT2D eigenvalue weighted by Gasteiger charge is 2.34. The molecule has 12 rings (SSSR count). The Morgan fingerprint density at radius 1 is 0.517 bits per heavy atom. The monoisotopic (exact) mass is 762 g/mol. The normalized spacial score (nSPS) is 17.3. The van der Waals surface area contributed by atoms with Crippen LogP contribution < -0.4 is 0 Å². The Kier molecular flexibility index (Phi) is 7.58. The van der Waals surface area contributed by atoms with Crippen molar-refractivity contribution in [3.63, 3.8) is 0 Å². The number of furan rings is 1. The topological polar surface area (TPSA) is 30.4 Å². The van der Waals surface area contributed by atoms with Crippen LogP contribution in [-0.4, -0.2) is 10.3 Å². The summed E-state index contributed by atoms with van der Waals surface area (Å²) < 4.78 is 11.8. The third-order valence-electron chi connectivity index (χ3n) is 12.7. The van der Waals surface area contributed by atoms with Crippen LogP contribution in [0.4, 0.5) is 0 Å². The molecule has 2 unspecified atom stereocenters. The Labute approximate surface area is 340 Å². The van der Waals surface area contributed by atoms with E-state index in [1.54, 1.807) is 0 Å². The number of rotatable bonds is 5. The Morgan fingerprint density at radius 3 is 1.79 bits per heavy atom. The molecule has 0 amide bonds. The molecule has 3 aromatic heterocycles. The summed E-state index contributed by atoms with van der Waals surface area (Å²) in [6.07, 6.45) is 0.891. The van der Waals surface area contributed by atoms with Crippen LogP contribution in [-0.2, 0) is 0 Å². The lowest BCUT2D eigenvalue weighted by Crippen LogP contribution is -2.26. The molecule has 4 heteroatoms. The van der Waals surface area contributed by atoms with Gasteiger partial charge in [-0.15, -0.1) is 11.3 Å². The predicted molar refractivity (Wildman–Crippen MR) is 245 cm³/mol. The number of aromatic nitrogens is 1. The predicted octanol–water partition coefficient (Wildman–Crippen LogP) is 15.1. The lowest BCUT2D eigenvalue weighted by atomic mass is 9.74. The first kappa shape index (κ1) is 33.4. The van der Waals surface area contributed by atoms with Crippen LogP contribution in [0.5, 0.6) is 0 Å². The molecule has 4 heterocycles. The summed E-state index contributed by atoms with van der Waals surface area (Å²) in [6, 6.07) is 66.3. The lowest BCUT2D eigenvalue weighted by Gasteiger charge is -2.35. The third-order valence-corrected chi connectivity index (χ3v) is 13.9. The molecule has 11 aromatic rings. The zero-order valence-corrected chi connectivity index (χ0v) is 32.8. The van der Waals surface area contributed by atoms with Crippen molar-refractivity contribution in [3.05, 3.63) is 199 Å². The number of benzene rings is 8. The van der Waals surface area contributed by atoms with Gasteiger partial charge in [-0.05, 0) is 88.5 Å². The summed E-state index contributed by atoms with van der Waals surface area (Å²) >= 11 is 1.89. The quantitative estimate of drug-likeness (QED) is 0.172. The molecule has 8 aromatic carbocycles. The number of hydrogen-bond acceptors (Lipinski definition) is 3. The van der Waals surface area contributed by atoms with Gasteiger partial charge in [0.25, 0.3) is 0 Å². The fourth-order valence-corrected chi connectivity index (χ4v) is 11.1. The molecule has 0 saturated carbocycles. The second-order valence-electron chi connectivity index (χ2n) is 15.8.